The summed E-state index contributed by atoms with van der Waals surface area (Å²) >= 11 is 10.5. The van der Waals surface area contributed by atoms with Crippen LogP contribution in [0, 0.1) is 12.3 Å². The summed E-state index contributed by atoms with van der Waals surface area (Å²) in [5, 5.41) is 4.88. The van der Waals surface area contributed by atoms with E-state index in [9.17, 15) is 4.79 Å². The van der Waals surface area contributed by atoms with Gasteiger partial charge in [-0.05, 0) is 80.1 Å². The Hall–Kier alpha value is -1.51. The molecule has 152 valence electrons. The lowest BCUT2D eigenvalue weighted by Gasteiger charge is -2.20. The highest BCUT2D eigenvalue weighted by atomic mass is 79.9. The van der Waals surface area contributed by atoms with Crippen LogP contribution in [0.5, 0.6) is 5.75 Å². The molecule has 0 aliphatic carbocycles. The first-order valence-corrected chi connectivity index (χ1v) is 11.3. The Morgan fingerprint density at radius 3 is 2.41 bits per heavy atom. The minimum absolute atomic E-state index is 0.0514. The molecule has 29 heavy (non-hydrogen) atoms. The predicted molar refractivity (Wildman–Crippen MR) is 128 cm³/mol. The summed E-state index contributed by atoms with van der Waals surface area (Å²) in [6.07, 6.45) is 1.63. The standard InChI is InChI=1S/C21H20Br3N3O2/c1-12-26-18-6-5-14(22)9-15(18)20(28)27(12)25-10-13-7-16(23)19(17(24)8-13)29-11-21(2,3)4/h5-10H,11H2,1-4H3. The maximum atomic E-state index is 12.8. The van der Waals surface area contributed by atoms with E-state index in [0.29, 0.717) is 23.3 Å². The van der Waals surface area contributed by atoms with E-state index in [-0.39, 0.29) is 11.0 Å². The molecule has 1 aromatic heterocycles. The van der Waals surface area contributed by atoms with Gasteiger partial charge in [0, 0.05) is 4.47 Å². The molecule has 0 saturated heterocycles. The normalized spacial score (nSPS) is 12.1. The number of aryl methyl sites for hydroxylation is 1. The summed E-state index contributed by atoms with van der Waals surface area (Å²) in [6, 6.07) is 9.23. The topological polar surface area (TPSA) is 56.5 Å². The average Bonchev–Trinajstić information content (AvgIpc) is 2.60. The number of hydrogen-bond acceptors (Lipinski definition) is 4. The summed E-state index contributed by atoms with van der Waals surface area (Å²) in [6.45, 7) is 8.70. The van der Waals surface area contributed by atoms with Crippen LogP contribution in [0.25, 0.3) is 10.9 Å². The van der Waals surface area contributed by atoms with Gasteiger partial charge in [-0.2, -0.15) is 9.78 Å². The van der Waals surface area contributed by atoms with Crippen molar-refractivity contribution in [2.45, 2.75) is 27.7 Å². The highest BCUT2D eigenvalue weighted by Crippen LogP contribution is 2.35. The second kappa shape index (κ2) is 8.70. The van der Waals surface area contributed by atoms with Crippen LogP contribution in [0.1, 0.15) is 32.2 Å². The van der Waals surface area contributed by atoms with Gasteiger partial charge in [-0.3, -0.25) is 4.79 Å². The zero-order chi connectivity index (χ0) is 21.3. The Kier molecular flexibility index (Phi) is 6.65. The number of rotatable bonds is 4. The average molecular weight is 586 g/mol. The molecule has 8 heteroatoms. The van der Waals surface area contributed by atoms with E-state index in [0.717, 1.165) is 24.7 Å². The fraction of sp³-hybridized carbons (Fsp3) is 0.286. The van der Waals surface area contributed by atoms with Crippen LogP contribution in [0.2, 0.25) is 0 Å². The minimum atomic E-state index is -0.215. The molecule has 0 aliphatic rings. The molecule has 0 unspecified atom stereocenters. The Labute approximate surface area is 194 Å². The van der Waals surface area contributed by atoms with Crippen LogP contribution in [0.15, 0.2) is 53.6 Å². The lowest BCUT2D eigenvalue weighted by molar-refractivity contribution is 0.196. The van der Waals surface area contributed by atoms with Crippen LogP contribution in [-0.2, 0) is 0 Å². The van der Waals surface area contributed by atoms with Gasteiger partial charge in [0.1, 0.15) is 11.6 Å². The molecule has 0 N–H and O–H groups in total. The zero-order valence-corrected chi connectivity index (χ0v) is 21.2. The highest BCUT2D eigenvalue weighted by molar-refractivity contribution is 9.11. The quantitative estimate of drug-likeness (QED) is 0.338. The van der Waals surface area contributed by atoms with Crippen LogP contribution in [0.3, 0.4) is 0 Å². The van der Waals surface area contributed by atoms with E-state index >= 15 is 0 Å². The smallest absolute Gasteiger partial charge is 0.282 e. The molecule has 3 rings (SSSR count). The molecule has 0 radical (unpaired) electrons. The van der Waals surface area contributed by atoms with Crippen LogP contribution >= 0.6 is 47.8 Å². The van der Waals surface area contributed by atoms with E-state index in [1.165, 1.54) is 4.68 Å². The number of fused-ring (bicyclic) bond motifs is 1. The zero-order valence-electron chi connectivity index (χ0n) is 16.5. The van der Waals surface area contributed by atoms with Gasteiger partial charge in [0.25, 0.3) is 5.56 Å². The molecule has 0 amide bonds. The third-order valence-corrected chi connectivity index (χ3v) is 5.63. The lowest BCUT2D eigenvalue weighted by Crippen LogP contribution is -2.20. The van der Waals surface area contributed by atoms with Crippen molar-refractivity contribution in [2.75, 3.05) is 6.61 Å². The largest absolute Gasteiger partial charge is 0.491 e. The van der Waals surface area contributed by atoms with Gasteiger partial charge in [0.05, 0.1) is 32.7 Å². The molecular formula is C21H20Br3N3O2. The van der Waals surface area contributed by atoms with Crippen molar-refractivity contribution in [3.05, 3.63) is 65.5 Å². The van der Waals surface area contributed by atoms with Gasteiger partial charge < -0.3 is 4.74 Å². The second-order valence-corrected chi connectivity index (χ2v) is 10.5. The summed E-state index contributed by atoms with van der Waals surface area (Å²) in [7, 11) is 0. The van der Waals surface area contributed by atoms with Crippen molar-refractivity contribution in [1.82, 2.24) is 9.66 Å². The van der Waals surface area contributed by atoms with Gasteiger partial charge in [0.2, 0.25) is 0 Å². The summed E-state index contributed by atoms with van der Waals surface area (Å²) in [5.74, 6) is 1.26. The summed E-state index contributed by atoms with van der Waals surface area (Å²) < 4.78 is 9.68. The maximum Gasteiger partial charge on any atom is 0.282 e. The van der Waals surface area contributed by atoms with Gasteiger partial charge in [0.15, 0.2) is 0 Å². The summed E-state index contributed by atoms with van der Waals surface area (Å²) in [4.78, 5) is 17.3. The second-order valence-electron chi connectivity index (χ2n) is 7.85. The lowest BCUT2D eigenvalue weighted by atomic mass is 9.99. The molecule has 5 nitrogen and oxygen atoms in total. The molecule has 0 aliphatic heterocycles. The molecule has 3 aromatic rings. The van der Waals surface area contributed by atoms with Gasteiger partial charge in [-0.1, -0.05) is 36.7 Å². The minimum Gasteiger partial charge on any atom is -0.491 e. The first kappa shape index (κ1) is 22.2. The Bertz CT molecular complexity index is 1140. The maximum absolute atomic E-state index is 12.8. The van der Waals surface area contributed by atoms with Crippen molar-refractivity contribution in [3.63, 3.8) is 0 Å². The first-order chi connectivity index (χ1) is 13.5. The van der Waals surface area contributed by atoms with Crippen molar-refractivity contribution >= 4 is 64.9 Å². The van der Waals surface area contributed by atoms with Gasteiger partial charge in [-0.25, -0.2) is 4.98 Å². The van der Waals surface area contributed by atoms with E-state index in [1.54, 1.807) is 19.2 Å². The third kappa shape index (κ3) is 5.35. The molecule has 0 atom stereocenters. The SMILES string of the molecule is Cc1nc2ccc(Br)cc2c(=O)n1N=Cc1cc(Br)c(OCC(C)(C)C)c(Br)c1. The number of benzene rings is 2. The number of aromatic nitrogens is 2. The summed E-state index contributed by atoms with van der Waals surface area (Å²) in [5.41, 5.74) is 1.30. The molecule has 0 fully saturated rings. The Morgan fingerprint density at radius 1 is 1.14 bits per heavy atom. The predicted octanol–water partition coefficient (Wildman–Crippen LogP) is 6.30. The molecule has 2 aromatic carbocycles. The third-order valence-electron chi connectivity index (χ3n) is 3.96. The monoisotopic (exact) mass is 583 g/mol. The molecule has 0 spiro atoms. The van der Waals surface area contributed by atoms with E-state index in [4.69, 9.17) is 4.74 Å². The molecular weight excluding hydrogens is 566 g/mol. The van der Waals surface area contributed by atoms with Crippen molar-refractivity contribution < 1.29 is 4.74 Å². The van der Waals surface area contributed by atoms with E-state index in [1.807, 2.05) is 24.3 Å². The fourth-order valence-corrected chi connectivity index (χ4v) is 4.41. The Balaban J connectivity index is 1.95. The molecule has 0 saturated carbocycles. The fourth-order valence-electron chi connectivity index (χ4n) is 2.60. The first-order valence-electron chi connectivity index (χ1n) is 8.90. The van der Waals surface area contributed by atoms with E-state index in [2.05, 4.69) is 78.6 Å². The van der Waals surface area contributed by atoms with Crippen LogP contribution < -0.4 is 10.3 Å². The van der Waals surface area contributed by atoms with Crippen LogP contribution in [-0.4, -0.2) is 22.5 Å². The van der Waals surface area contributed by atoms with Crippen molar-refractivity contribution in [2.24, 2.45) is 10.5 Å². The number of halogens is 3. The van der Waals surface area contributed by atoms with Crippen molar-refractivity contribution in [3.8, 4) is 5.75 Å². The number of hydrogen-bond donors (Lipinski definition) is 0. The molecule has 1 heterocycles. The molecule has 0 bridgehead atoms. The van der Waals surface area contributed by atoms with Crippen LogP contribution in [0.4, 0.5) is 0 Å². The number of nitrogens with zero attached hydrogens (tertiary/aromatic N) is 3. The van der Waals surface area contributed by atoms with Gasteiger partial charge in [-0.15, -0.1) is 0 Å². The van der Waals surface area contributed by atoms with E-state index < -0.39 is 0 Å². The van der Waals surface area contributed by atoms with Crippen molar-refractivity contribution in [1.29, 1.82) is 0 Å². The van der Waals surface area contributed by atoms with Gasteiger partial charge >= 0.3 is 0 Å². The Morgan fingerprint density at radius 2 is 1.79 bits per heavy atom. The number of ether oxygens (including phenoxy) is 1. The highest BCUT2D eigenvalue weighted by Gasteiger charge is 2.15.